The predicted molar refractivity (Wildman–Crippen MR) is 143 cm³/mol. The molecule has 0 amide bonds. The molecular formula is C31H32O6. The van der Waals surface area contributed by atoms with Crippen molar-refractivity contribution < 1.29 is 30.6 Å². The van der Waals surface area contributed by atoms with Gasteiger partial charge in [0.1, 0.15) is 34.5 Å². The van der Waals surface area contributed by atoms with E-state index in [1.54, 1.807) is 26.0 Å². The Hall–Kier alpha value is -4.32. The second-order valence-electron chi connectivity index (χ2n) is 9.93. The van der Waals surface area contributed by atoms with Crippen molar-refractivity contribution >= 4 is 0 Å². The van der Waals surface area contributed by atoms with Crippen molar-refractivity contribution in [2.75, 3.05) is 0 Å². The summed E-state index contributed by atoms with van der Waals surface area (Å²) in [4.78, 5) is 0. The summed E-state index contributed by atoms with van der Waals surface area (Å²) in [7, 11) is 0. The van der Waals surface area contributed by atoms with Crippen molar-refractivity contribution in [1.29, 1.82) is 0 Å². The third-order valence-electron chi connectivity index (χ3n) is 6.76. The summed E-state index contributed by atoms with van der Waals surface area (Å²) in [6.45, 7) is 7.34. The number of aromatic hydroxyl groups is 6. The molecule has 0 atom stereocenters. The number of benzene rings is 4. The molecule has 4 rings (SSSR count). The third-order valence-corrected chi connectivity index (χ3v) is 6.76. The van der Waals surface area contributed by atoms with E-state index < -0.39 is 0 Å². The molecule has 4 aromatic rings. The lowest BCUT2D eigenvalue weighted by Gasteiger charge is -2.16. The quantitative estimate of drug-likeness (QED) is 0.195. The van der Waals surface area contributed by atoms with Gasteiger partial charge >= 0.3 is 0 Å². The lowest BCUT2D eigenvalue weighted by Crippen LogP contribution is -2.00. The molecule has 0 saturated carbocycles. The average Bonchev–Trinajstić information content (AvgIpc) is 2.81. The van der Waals surface area contributed by atoms with Gasteiger partial charge in [-0.2, -0.15) is 0 Å². The van der Waals surface area contributed by atoms with Gasteiger partial charge in [-0.3, -0.25) is 0 Å². The Morgan fingerprint density at radius 1 is 0.378 bits per heavy atom. The van der Waals surface area contributed by atoms with Crippen molar-refractivity contribution in [3.63, 3.8) is 0 Å². The first-order chi connectivity index (χ1) is 17.4. The van der Waals surface area contributed by atoms with E-state index in [9.17, 15) is 30.6 Å². The van der Waals surface area contributed by atoms with Crippen LogP contribution in [0.25, 0.3) is 0 Å². The Balaban J connectivity index is 1.69. The first-order valence-corrected chi connectivity index (χ1v) is 12.1. The largest absolute Gasteiger partial charge is 0.508 e. The molecule has 6 heteroatoms. The topological polar surface area (TPSA) is 121 Å². The number of hydrogen-bond acceptors (Lipinski definition) is 6. The van der Waals surface area contributed by atoms with Gasteiger partial charge in [0.05, 0.1) is 0 Å². The Labute approximate surface area is 216 Å². The summed E-state index contributed by atoms with van der Waals surface area (Å²) in [5, 5.41) is 62.6. The molecule has 0 aromatic heterocycles. The zero-order valence-corrected chi connectivity index (χ0v) is 21.4. The highest BCUT2D eigenvalue weighted by atomic mass is 16.3. The molecule has 0 radical (unpaired) electrons. The summed E-state index contributed by atoms with van der Waals surface area (Å²) < 4.78 is 0. The van der Waals surface area contributed by atoms with Crippen molar-refractivity contribution in [2.45, 2.75) is 47.0 Å². The number of phenols is 6. The predicted octanol–water partition coefficient (Wildman–Crippen LogP) is 5.93. The molecule has 0 spiro atoms. The lowest BCUT2D eigenvalue weighted by molar-refractivity contribution is 0.442. The molecule has 4 aromatic carbocycles. The van der Waals surface area contributed by atoms with Crippen molar-refractivity contribution in [1.82, 2.24) is 0 Å². The van der Waals surface area contributed by atoms with Crippen molar-refractivity contribution in [3.05, 3.63) is 104 Å². The smallest absolute Gasteiger partial charge is 0.122 e. The van der Waals surface area contributed by atoms with Crippen LogP contribution in [0, 0.1) is 27.7 Å². The molecule has 0 aliphatic rings. The van der Waals surface area contributed by atoms with Crippen LogP contribution in [0.2, 0.25) is 0 Å². The fourth-order valence-corrected chi connectivity index (χ4v) is 4.80. The maximum Gasteiger partial charge on any atom is 0.122 e. The van der Waals surface area contributed by atoms with Crippen LogP contribution in [0.4, 0.5) is 0 Å². The van der Waals surface area contributed by atoms with E-state index in [2.05, 4.69) is 0 Å². The van der Waals surface area contributed by atoms with E-state index in [1.807, 2.05) is 38.1 Å². The maximum atomic E-state index is 11.1. The highest BCUT2D eigenvalue weighted by Crippen LogP contribution is 2.37. The normalized spacial score (nSPS) is 11.1. The Kier molecular flexibility index (Phi) is 6.94. The van der Waals surface area contributed by atoms with E-state index in [0.29, 0.717) is 44.5 Å². The summed E-state index contributed by atoms with van der Waals surface area (Å²) in [6, 6.07) is 13.5. The van der Waals surface area contributed by atoms with Crippen molar-refractivity contribution in [2.24, 2.45) is 0 Å². The number of aryl methyl sites for hydroxylation is 4. The van der Waals surface area contributed by atoms with E-state index in [-0.39, 0.29) is 53.8 Å². The number of hydrogen-bond donors (Lipinski definition) is 6. The summed E-state index contributed by atoms with van der Waals surface area (Å²) in [5.41, 5.74) is 6.84. The first kappa shape index (κ1) is 25.8. The van der Waals surface area contributed by atoms with Crippen LogP contribution in [0.3, 0.4) is 0 Å². The summed E-state index contributed by atoms with van der Waals surface area (Å²) in [6.07, 6.45) is 0.832. The van der Waals surface area contributed by atoms with Gasteiger partial charge in [-0.05, 0) is 84.3 Å². The second-order valence-corrected chi connectivity index (χ2v) is 9.93. The van der Waals surface area contributed by atoms with Crippen LogP contribution in [0.1, 0.15) is 55.6 Å². The highest BCUT2D eigenvalue weighted by Gasteiger charge is 2.17. The van der Waals surface area contributed by atoms with Crippen LogP contribution in [0.5, 0.6) is 34.5 Å². The fraction of sp³-hybridized carbons (Fsp3) is 0.226. The monoisotopic (exact) mass is 500 g/mol. The van der Waals surface area contributed by atoms with Crippen molar-refractivity contribution in [3.8, 4) is 34.5 Å². The molecule has 0 aliphatic carbocycles. The van der Waals surface area contributed by atoms with Crippen LogP contribution in [-0.4, -0.2) is 30.6 Å². The van der Waals surface area contributed by atoms with E-state index in [4.69, 9.17) is 0 Å². The second kappa shape index (κ2) is 9.97. The van der Waals surface area contributed by atoms with Crippen LogP contribution < -0.4 is 0 Å². The van der Waals surface area contributed by atoms with Crippen LogP contribution in [0.15, 0.2) is 48.5 Å². The van der Waals surface area contributed by atoms with Gasteiger partial charge in [-0.1, -0.05) is 35.4 Å². The van der Waals surface area contributed by atoms with E-state index >= 15 is 0 Å². The molecular weight excluding hydrogens is 468 g/mol. The Morgan fingerprint density at radius 3 is 1.00 bits per heavy atom. The highest BCUT2D eigenvalue weighted by molar-refractivity contribution is 5.55. The van der Waals surface area contributed by atoms with Gasteiger partial charge in [0, 0.05) is 31.4 Å². The molecule has 6 N–H and O–H groups in total. The molecule has 0 aliphatic heterocycles. The van der Waals surface area contributed by atoms with Crippen LogP contribution in [-0.2, 0) is 19.3 Å². The minimum atomic E-state index is -0.0424. The zero-order valence-electron chi connectivity index (χ0n) is 21.4. The molecule has 0 bridgehead atoms. The zero-order chi connectivity index (χ0) is 27.0. The number of rotatable bonds is 6. The average molecular weight is 501 g/mol. The van der Waals surface area contributed by atoms with Gasteiger partial charge in [0.25, 0.3) is 0 Å². The van der Waals surface area contributed by atoms with Gasteiger partial charge in [-0.25, -0.2) is 0 Å². The van der Waals surface area contributed by atoms with E-state index in [1.165, 1.54) is 12.1 Å². The molecule has 37 heavy (non-hydrogen) atoms. The number of phenolic OH excluding ortho intramolecular Hbond substituents is 6. The lowest BCUT2D eigenvalue weighted by atomic mass is 9.91. The Bertz CT molecular complexity index is 1390. The van der Waals surface area contributed by atoms with E-state index in [0.717, 1.165) is 11.1 Å². The van der Waals surface area contributed by atoms with Gasteiger partial charge in [-0.15, -0.1) is 0 Å². The SMILES string of the molecule is Cc1cc(Cc2cc(C)c(O)cc2O)c(O)c(Cc2cc(C)cc(Cc3cc(C)c(O)cc3O)c2O)c1. The first-order valence-electron chi connectivity index (χ1n) is 12.1. The fourth-order valence-electron chi connectivity index (χ4n) is 4.80. The molecule has 6 nitrogen and oxygen atoms in total. The third kappa shape index (κ3) is 5.43. The van der Waals surface area contributed by atoms with Gasteiger partial charge in [0.15, 0.2) is 0 Å². The minimum absolute atomic E-state index is 0.0110. The van der Waals surface area contributed by atoms with Gasteiger partial charge in [0.2, 0.25) is 0 Å². The maximum absolute atomic E-state index is 11.1. The van der Waals surface area contributed by atoms with Gasteiger partial charge < -0.3 is 30.6 Å². The molecule has 192 valence electrons. The molecule has 0 saturated heterocycles. The summed E-state index contributed by atoms with van der Waals surface area (Å²) >= 11 is 0. The molecule has 0 fully saturated rings. The molecule has 0 unspecified atom stereocenters. The minimum Gasteiger partial charge on any atom is -0.508 e. The standard InChI is InChI=1S/C31H32O6/c1-16-5-22(11-20-9-18(3)26(32)14-28(20)34)30(36)24(7-16)13-25-8-17(2)6-23(31(25)37)12-21-10-19(4)27(33)15-29(21)35/h5-10,14-15,32-37H,11-13H2,1-4H3. The van der Waals surface area contributed by atoms with Crippen LogP contribution >= 0.6 is 0 Å². The summed E-state index contributed by atoms with van der Waals surface area (Å²) in [5.74, 6) is 0.113. The Morgan fingerprint density at radius 2 is 0.676 bits per heavy atom. The molecule has 0 heterocycles.